The maximum absolute atomic E-state index is 12.5. The highest BCUT2D eigenvalue weighted by atomic mass is 35.5. The monoisotopic (exact) mass is 417 g/mol. The van der Waals surface area contributed by atoms with E-state index in [1.165, 1.54) is 0 Å². The number of hydrogen-bond donors (Lipinski definition) is 2. The van der Waals surface area contributed by atoms with Gasteiger partial charge in [0.1, 0.15) is 5.82 Å². The van der Waals surface area contributed by atoms with E-state index in [1.54, 1.807) is 6.20 Å². The Hall–Kier alpha value is -1.64. The molecule has 1 saturated heterocycles. The number of carbonyl (C=O) groups is 1. The Bertz CT molecular complexity index is 723. The summed E-state index contributed by atoms with van der Waals surface area (Å²) in [5.41, 5.74) is 1.23. The standard InChI is InChI=1S/C17H27N7O.2ClH/c1-12(2)11-23-9-8-19-15(23)10-20-17(25)16-13(3)24(22-21-16)14-4-6-18-7-5-14;;/h8-9,12,14,18H,4-7,10-11H2,1-3H3,(H,20,25);2*1H. The molecule has 27 heavy (non-hydrogen) atoms. The third-order valence-corrected chi connectivity index (χ3v) is 4.57. The van der Waals surface area contributed by atoms with Crippen LogP contribution in [0.25, 0.3) is 0 Å². The summed E-state index contributed by atoms with van der Waals surface area (Å²) >= 11 is 0. The predicted molar refractivity (Wildman–Crippen MR) is 109 cm³/mol. The molecule has 0 unspecified atom stereocenters. The van der Waals surface area contributed by atoms with E-state index >= 15 is 0 Å². The quantitative estimate of drug-likeness (QED) is 0.750. The van der Waals surface area contributed by atoms with E-state index in [9.17, 15) is 4.79 Å². The number of imidazole rings is 1. The third-order valence-electron chi connectivity index (χ3n) is 4.57. The fourth-order valence-corrected chi connectivity index (χ4v) is 3.26. The van der Waals surface area contributed by atoms with Gasteiger partial charge in [-0.3, -0.25) is 4.79 Å². The number of amides is 1. The van der Waals surface area contributed by atoms with Crippen LogP contribution in [0.15, 0.2) is 12.4 Å². The van der Waals surface area contributed by atoms with Gasteiger partial charge in [-0.2, -0.15) is 0 Å². The van der Waals surface area contributed by atoms with Crippen molar-refractivity contribution in [1.29, 1.82) is 0 Å². The van der Waals surface area contributed by atoms with Crippen LogP contribution in [0.1, 0.15) is 54.7 Å². The summed E-state index contributed by atoms with van der Waals surface area (Å²) in [5, 5.41) is 14.6. The summed E-state index contributed by atoms with van der Waals surface area (Å²) in [6, 6.07) is 0.320. The number of piperidine rings is 1. The molecule has 0 atom stereocenters. The lowest BCUT2D eigenvalue weighted by atomic mass is 10.1. The molecule has 1 fully saturated rings. The molecule has 1 amide bonds. The molecular weight excluding hydrogens is 389 g/mol. The largest absolute Gasteiger partial charge is 0.343 e. The van der Waals surface area contributed by atoms with Gasteiger partial charge >= 0.3 is 0 Å². The highest BCUT2D eigenvalue weighted by Gasteiger charge is 2.23. The fourth-order valence-electron chi connectivity index (χ4n) is 3.26. The smallest absolute Gasteiger partial charge is 0.274 e. The Morgan fingerprint density at radius 2 is 2.04 bits per heavy atom. The molecule has 3 heterocycles. The van der Waals surface area contributed by atoms with Crippen LogP contribution in [-0.4, -0.2) is 43.5 Å². The van der Waals surface area contributed by atoms with Gasteiger partial charge in [-0.1, -0.05) is 19.1 Å². The normalized spacial score (nSPS) is 14.5. The van der Waals surface area contributed by atoms with Gasteiger partial charge < -0.3 is 15.2 Å². The van der Waals surface area contributed by atoms with Crippen LogP contribution in [0.3, 0.4) is 0 Å². The second-order valence-corrected chi connectivity index (χ2v) is 7.02. The number of rotatable bonds is 6. The van der Waals surface area contributed by atoms with Crippen molar-refractivity contribution in [2.45, 2.75) is 52.7 Å². The van der Waals surface area contributed by atoms with Crippen molar-refractivity contribution in [2.75, 3.05) is 13.1 Å². The molecule has 10 heteroatoms. The van der Waals surface area contributed by atoms with Crippen molar-refractivity contribution in [3.8, 4) is 0 Å². The van der Waals surface area contributed by atoms with Gasteiger partial charge in [0.15, 0.2) is 5.69 Å². The van der Waals surface area contributed by atoms with Gasteiger partial charge in [0, 0.05) is 18.9 Å². The zero-order valence-electron chi connectivity index (χ0n) is 16.0. The summed E-state index contributed by atoms with van der Waals surface area (Å²) in [6.45, 7) is 9.45. The lowest BCUT2D eigenvalue weighted by Crippen LogP contribution is -2.30. The predicted octanol–water partition coefficient (Wildman–Crippen LogP) is 2.14. The summed E-state index contributed by atoms with van der Waals surface area (Å²) in [7, 11) is 0. The van der Waals surface area contributed by atoms with E-state index in [4.69, 9.17) is 0 Å². The fraction of sp³-hybridized carbons (Fsp3) is 0.647. The second-order valence-electron chi connectivity index (χ2n) is 7.02. The van der Waals surface area contributed by atoms with E-state index in [0.717, 1.165) is 44.0 Å². The first-order valence-electron chi connectivity index (χ1n) is 8.97. The summed E-state index contributed by atoms with van der Waals surface area (Å²) < 4.78 is 3.97. The minimum Gasteiger partial charge on any atom is -0.343 e. The molecule has 0 radical (unpaired) electrons. The average Bonchev–Trinajstić information content (AvgIpc) is 3.19. The summed E-state index contributed by atoms with van der Waals surface area (Å²) in [4.78, 5) is 16.9. The van der Waals surface area contributed by atoms with E-state index in [-0.39, 0.29) is 30.7 Å². The molecule has 0 spiro atoms. The van der Waals surface area contributed by atoms with E-state index in [2.05, 4.69) is 44.3 Å². The first-order chi connectivity index (χ1) is 12.1. The number of nitrogens with one attached hydrogen (secondary N) is 2. The van der Waals surface area contributed by atoms with Gasteiger partial charge in [-0.05, 0) is 38.8 Å². The highest BCUT2D eigenvalue weighted by Crippen LogP contribution is 2.20. The molecule has 0 saturated carbocycles. The van der Waals surface area contributed by atoms with Crippen LogP contribution >= 0.6 is 24.8 Å². The molecule has 152 valence electrons. The maximum atomic E-state index is 12.5. The number of nitrogens with zero attached hydrogens (tertiary/aromatic N) is 5. The van der Waals surface area contributed by atoms with Gasteiger partial charge in [0.05, 0.1) is 18.3 Å². The van der Waals surface area contributed by atoms with Crippen LogP contribution < -0.4 is 10.6 Å². The van der Waals surface area contributed by atoms with Crippen LogP contribution in [0.2, 0.25) is 0 Å². The van der Waals surface area contributed by atoms with E-state index in [0.29, 0.717) is 24.2 Å². The molecule has 8 nitrogen and oxygen atoms in total. The van der Waals surface area contributed by atoms with Gasteiger partial charge in [0.2, 0.25) is 0 Å². The Morgan fingerprint density at radius 3 is 2.70 bits per heavy atom. The van der Waals surface area contributed by atoms with Gasteiger partial charge in [-0.15, -0.1) is 29.9 Å². The molecule has 1 aliphatic rings. The van der Waals surface area contributed by atoms with Crippen LogP contribution in [-0.2, 0) is 13.1 Å². The Labute approximate surface area is 172 Å². The Balaban J connectivity index is 0.00000182. The number of aromatic nitrogens is 5. The van der Waals surface area contributed by atoms with Crippen molar-refractivity contribution in [1.82, 2.24) is 35.2 Å². The highest BCUT2D eigenvalue weighted by molar-refractivity contribution is 5.93. The lowest BCUT2D eigenvalue weighted by molar-refractivity contribution is 0.0943. The summed E-state index contributed by atoms with van der Waals surface area (Å²) in [5.74, 6) is 1.18. The van der Waals surface area contributed by atoms with Crippen molar-refractivity contribution >= 4 is 30.7 Å². The zero-order valence-corrected chi connectivity index (χ0v) is 17.6. The van der Waals surface area contributed by atoms with Crippen LogP contribution in [0, 0.1) is 12.8 Å². The first kappa shape index (κ1) is 23.4. The molecule has 0 aromatic carbocycles. The van der Waals surface area contributed by atoms with E-state index in [1.807, 2.05) is 17.8 Å². The maximum Gasteiger partial charge on any atom is 0.274 e. The Morgan fingerprint density at radius 1 is 1.33 bits per heavy atom. The second kappa shape index (κ2) is 10.6. The lowest BCUT2D eigenvalue weighted by Gasteiger charge is -2.23. The Kier molecular flexibility index (Phi) is 9.21. The summed E-state index contributed by atoms with van der Waals surface area (Å²) in [6.07, 6.45) is 5.73. The first-order valence-corrected chi connectivity index (χ1v) is 8.97. The minimum absolute atomic E-state index is 0. The number of hydrogen-bond acceptors (Lipinski definition) is 5. The van der Waals surface area contributed by atoms with Crippen molar-refractivity contribution in [3.63, 3.8) is 0 Å². The van der Waals surface area contributed by atoms with Gasteiger partial charge in [0.25, 0.3) is 5.91 Å². The number of carbonyl (C=O) groups excluding carboxylic acids is 1. The molecule has 2 N–H and O–H groups in total. The van der Waals surface area contributed by atoms with Gasteiger partial charge in [-0.25, -0.2) is 9.67 Å². The number of halogens is 2. The SMILES string of the molecule is Cc1c(C(=O)NCc2nccn2CC(C)C)nnn1C1CCNCC1.Cl.Cl. The third kappa shape index (κ3) is 5.67. The molecule has 0 aliphatic carbocycles. The average molecular weight is 418 g/mol. The zero-order chi connectivity index (χ0) is 17.8. The van der Waals surface area contributed by atoms with Crippen molar-refractivity contribution in [2.24, 2.45) is 5.92 Å². The van der Waals surface area contributed by atoms with Crippen LogP contribution in [0.5, 0.6) is 0 Å². The minimum atomic E-state index is -0.197. The molecule has 0 bridgehead atoms. The molecule has 2 aromatic heterocycles. The van der Waals surface area contributed by atoms with Crippen molar-refractivity contribution < 1.29 is 4.79 Å². The van der Waals surface area contributed by atoms with E-state index < -0.39 is 0 Å². The molecule has 1 aliphatic heterocycles. The molecular formula is C17H29Cl2N7O. The van der Waals surface area contributed by atoms with Crippen molar-refractivity contribution in [3.05, 3.63) is 29.6 Å². The van der Waals surface area contributed by atoms with Crippen LogP contribution in [0.4, 0.5) is 0 Å². The molecule has 3 rings (SSSR count). The topological polar surface area (TPSA) is 89.7 Å². The molecule has 2 aromatic rings.